The lowest BCUT2D eigenvalue weighted by atomic mass is 10.2. The highest BCUT2D eigenvalue weighted by atomic mass is 32.2. The molecule has 2 amide bonds. The van der Waals surface area contributed by atoms with E-state index < -0.39 is 29.0 Å². The van der Waals surface area contributed by atoms with Crippen molar-refractivity contribution in [3.05, 3.63) is 48.3 Å². The third-order valence-electron chi connectivity index (χ3n) is 4.25. The van der Waals surface area contributed by atoms with Gasteiger partial charge in [-0.3, -0.25) is 14.4 Å². The smallest absolute Gasteiger partial charge is 0.319 e. The predicted octanol–water partition coefficient (Wildman–Crippen LogP) is 3.47. The van der Waals surface area contributed by atoms with Crippen LogP contribution in [-0.4, -0.2) is 49.1 Å². The number of hydrogen-bond donors (Lipinski definition) is 2. The fourth-order valence-corrected chi connectivity index (χ4v) is 3.13. The number of carbonyl (C=O) groups is 3. The van der Waals surface area contributed by atoms with Gasteiger partial charge in [-0.15, -0.1) is 11.8 Å². The molecule has 10 heteroatoms. The van der Waals surface area contributed by atoms with Crippen LogP contribution in [-0.2, 0) is 19.1 Å². The quantitative estimate of drug-likeness (QED) is 0.519. The van der Waals surface area contributed by atoms with E-state index in [9.17, 15) is 18.8 Å². The molecule has 0 aliphatic rings. The van der Waals surface area contributed by atoms with Crippen molar-refractivity contribution in [3.63, 3.8) is 0 Å². The van der Waals surface area contributed by atoms with Crippen LogP contribution in [0.4, 0.5) is 15.8 Å². The Morgan fingerprint density at radius 2 is 1.69 bits per heavy atom. The number of amides is 2. The first kappa shape index (κ1) is 25.0. The molecule has 2 unspecified atom stereocenters. The molecule has 0 bridgehead atoms. The van der Waals surface area contributed by atoms with Crippen molar-refractivity contribution in [2.75, 3.05) is 30.6 Å². The van der Waals surface area contributed by atoms with Crippen LogP contribution in [0.2, 0.25) is 0 Å². The first-order chi connectivity index (χ1) is 15.2. The van der Waals surface area contributed by atoms with Crippen LogP contribution < -0.4 is 20.1 Å². The number of halogens is 1. The first-order valence-corrected chi connectivity index (χ1v) is 10.7. The Kier molecular flexibility index (Phi) is 9.33. The minimum atomic E-state index is -1.07. The second kappa shape index (κ2) is 11.9. The van der Waals surface area contributed by atoms with Gasteiger partial charge in [0.1, 0.15) is 22.6 Å². The van der Waals surface area contributed by atoms with Crippen molar-refractivity contribution in [2.45, 2.75) is 25.2 Å². The number of rotatable bonds is 10. The second-order valence-electron chi connectivity index (χ2n) is 6.64. The molecule has 2 atom stereocenters. The van der Waals surface area contributed by atoms with E-state index in [4.69, 9.17) is 14.2 Å². The number of ether oxygens (including phenoxy) is 3. The average molecular weight is 465 g/mol. The van der Waals surface area contributed by atoms with Gasteiger partial charge in [-0.05, 0) is 50.2 Å². The van der Waals surface area contributed by atoms with Crippen LogP contribution in [0.5, 0.6) is 11.5 Å². The summed E-state index contributed by atoms with van der Waals surface area (Å²) < 4.78 is 28.5. The summed E-state index contributed by atoms with van der Waals surface area (Å²) in [4.78, 5) is 36.8. The number of anilines is 2. The number of benzene rings is 2. The normalized spacial score (nSPS) is 12.3. The maximum Gasteiger partial charge on any atom is 0.319 e. The zero-order valence-corrected chi connectivity index (χ0v) is 19.0. The summed E-state index contributed by atoms with van der Waals surface area (Å²) in [5.41, 5.74) is 0.824. The molecule has 2 aromatic rings. The molecule has 0 heterocycles. The van der Waals surface area contributed by atoms with E-state index in [0.29, 0.717) is 22.9 Å². The monoisotopic (exact) mass is 464 g/mol. The van der Waals surface area contributed by atoms with Crippen LogP contribution in [0.1, 0.15) is 13.8 Å². The molecule has 2 rings (SSSR count). The van der Waals surface area contributed by atoms with Gasteiger partial charge >= 0.3 is 5.97 Å². The van der Waals surface area contributed by atoms with Crippen LogP contribution in [0, 0.1) is 5.82 Å². The van der Waals surface area contributed by atoms with Crippen molar-refractivity contribution in [3.8, 4) is 11.5 Å². The minimum Gasteiger partial charge on any atom is -0.497 e. The Hall–Kier alpha value is -3.27. The Morgan fingerprint density at radius 1 is 1.00 bits per heavy atom. The molecule has 0 saturated heterocycles. The molecular weight excluding hydrogens is 439 g/mol. The Labute approximate surface area is 189 Å². The van der Waals surface area contributed by atoms with Gasteiger partial charge < -0.3 is 24.8 Å². The molecule has 2 aromatic carbocycles. The van der Waals surface area contributed by atoms with E-state index in [2.05, 4.69) is 10.6 Å². The number of methoxy groups -OCH3 is 2. The molecule has 0 aliphatic carbocycles. The van der Waals surface area contributed by atoms with Crippen LogP contribution in [0.15, 0.2) is 42.5 Å². The van der Waals surface area contributed by atoms with E-state index in [1.165, 1.54) is 45.4 Å². The number of thioether (sulfide) groups is 1. The third-order valence-corrected chi connectivity index (χ3v) is 5.37. The first-order valence-electron chi connectivity index (χ1n) is 9.64. The summed E-state index contributed by atoms with van der Waals surface area (Å²) in [6.45, 7) is 3.02. The average Bonchev–Trinajstić information content (AvgIpc) is 2.78. The fraction of sp³-hybridized carbons (Fsp3) is 0.318. The van der Waals surface area contributed by atoms with Gasteiger partial charge in [0.15, 0.2) is 6.10 Å². The molecule has 0 aromatic heterocycles. The summed E-state index contributed by atoms with van der Waals surface area (Å²) in [5, 5.41) is 4.56. The highest BCUT2D eigenvalue weighted by molar-refractivity contribution is 8.01. The number of esters is 1. The highest BCUT2D eigenvalue weighted by Crippen LogP contribution is 2.29. The van der Waals surface area contributed by atoms with Crippen molar-refractivity contribution in [2.24, 2.45) is 0 Å². The second-order valence-corrected chi connectivity index (χ2v) is 7.97. The summed E-state index contributed by atoms with van der Waals surface area (Å²) in [5.74, 6) is -1.01. The van der Waals surface area contributed by atoms with Crippen molar-refractivity contribution < 1.29 is 33.0 Å². The SMILES string of the molecule is COc1ccc(OC)c(NC(=O)C(C)OC(=O)C(C)SCC(=O)Nc2ccc(F)cc2)c1. The largest absolute Gasteiger partial charge is 0.497 e. The standard InChI is InChI=1S/C22H25FN2O6S/c1-13(21(27)25-18-11-17(29-3)9-10-19(18)30-4)31-22(28)14(2)32-12-20(26)24-16-7-5-15(23)6-8-16/h5-11,13-14H,12H2,1-4H3,(H,24,26)(H,25,27). The lowest BCUT2D eigenvalue weighted by molar-refractivity contribution is -0.152. The summed E-state index contributed by atoms with van der Waals surface area (Å²) in [6, 6.07) is 10.3. The fourth-order valence-electron chi connectivity index (χ4n) is 2.47. The lowest BCUT2D eigenvalue weighted by Crippen LogP contribution is -2.33. The topological polar surface area (TPSA) is 103 Å². The van der Waals surface area contributed by atoms with Crippen molar-refractivity contribution in [1.29, 1.82) is 0 Å². The minimum absolute atomic E-state index is 0.0186. The van der Waals surface area contributed by atoms with Gasteiger partial charge in [0.25, 0.3) is 5.91 Å². The van der Waals surface area contributed by atoms with Gasteiger partial charge in [-0.1, -0.05) is 0 Å². The van der Waals surface area contributed by atoms with Crippen LogP contribution in [0.25, 0.3) is 0 Å². The third kappa shape index (κ3) is 7.45. The van der Waals surface area contributed by atoms with Gasteiger partial charge in [-0.2, -0.15) is 0 Å². The molecule has 0 fully saturated rings. The van der Waals surface area contributed by atoms with Gasteiger partial charge in [0.2, 0.25) is 5.91 Å². The molecule has 0 spiro atoms. The maximum atomic E-state index is 12.9. The molecule has 2 N–H and O–H groups in total. The molecule has 0 radical (unpaired) electrons. The zero-order chi connectivity index (χ0) is 23.7. The van der Waals surface area contributed by atoms with E-state index in [0.717, 1.165) is 11.8 Å². The zero-order valence-electron chi connectivity index (χ0n) is 18.1. The molecule has 8 nitrogen and oxygen atoms in total. The molecule has 172 valence electrons. The van der Waals surface area contributed by atoms with Gasteiger partial charge in [-0.25, -0.2) is 4.39 Å². The molecule has 0 aliphatic heterocycles. The van der Waals surface area contributed by atoms with Gasteiger partial charge in [0.05, 0.1) is 25.7 Å². The van der Waals surface area contributed by atoms with Crippen molar-refractivity contribution in [1.82, 2.24) is 0 Å². The van der Waals surface area contributed by atoms with E-state index >= 15 is 0 Å². The molecular formula is C22H25FN2O6S. The van der Waals surface area contributed by atoms with Gasteiger partial charge in [0, 0.05) is 11.8 Å². The number of hydrogen-bond acceptors (Lipinski definition) is 7. The van der Waals surface area contributed by atoms with Crippen LogP contribution >= 0.6 is 11.8 Å². The number of nitrogens with one attached hydrogen (secondary N) is 2. The molecule has 32 heavy (non-hydrogen) atoms. The van der Waals surface area contributed by atoms with E-state index in [-0.39, 0.29) is 11.7 Å². The summed E-state index contributed by atoms with van der Waals surface area (Å²) in [6.07, 6.45) is -1.07. The summed E-state index contributed by atoms with van der Waals surface area (Å²) in [7, 11) is 2.96. The summed E-state index contributed by atoms with van der Waals surface area (Å²) >= 11 is 1.05. The Bertz CT molecular complexity index is 954. The maximum absolute atomic E-state index is 12.9. The van der Waals surface area contributed by atoms with Crippen molar-refractivity contribution >= 4 is 40.9 Å². The highest BCUT2D eigenvalue weighted by Gasteiger charge is 2.24. The number of carbonyl (C=O) groups excluding carboxylic acids is 3. The Morgan fingerprint density at radius 3 is 2.31 bits per heavy atom. The lowest BCUT2D eigenvalue weighted by Gasteiger charge is -2.17. The van der Waals surface area contributed by atoms with E-state index in [1.807, 2.05) is 0 Å². The van der Waals surface area contributed by atoms with Crippen LogP contribution in [0.3, 0.4) is 0 Å². The molecule has 0 saturated carbocycles. The Balaban J connectivity index is 1.83. The predicted molar refractivity (Wildman–Crippen MR) is 121 cm³/mol. The van der Waals surface area contributed by atoms with E-state index in [1.54, 1.807) is 25.1 Å².